The van der Waals surface area contributed by atoms with E-state index < -0.39 is 0 Å². The van der Waals surface area contributed by atoms with Gasteiger partial charge in [-0.25, -0.2) is 0 Å². The second-order valence-corrected chi connectivity index (χ2v) is 5.36. The molecule has 1 rings (SSSR count). The number of hydrogen-bond donors (Lipinski definition) is 3. The highest BCUT2D eigenvalue weighted by atomic mass is 16.2. The molecule has 1 aromatic rings. The predicted molar refractivity (Wildman–Crippen MR) is 86.2 cm³/mol. The monoisotopic (exact) mass is 291 g/mol. The third-order valence-corrected chi connectivity index (χ3v) is 3.38. The van der Waals surface area contributed by atoms with Crippen LogP contribution in [0.3, 0.4) is 0 Å². The summed E-state index contributed by atoms with van der Waals surface area (Å²) in [6.07, 6.45) is 1.64. The van der Waals surface area contributed by atoms with Crippen LogP contribution in [0, 0.1) is 12.8 Å². The molecule has 0 aliphatic heterocycles. The van der Waals surface area contributed by atoms with Gasteiger partial charge in [0.1, 0.15) is 0 Å². The van der Waals surface area contributed by atoms with Crippen molar-refractivity contribution in [2.24, 2.45) is 11.7 Å². The Labute approximate surface area is 126 Å². The molecule has 1 atom stereocenters. The zero-order chi connectivity index (χ0) is 15.8. The zero-order valence-electron chi connectivity index (χ0n) is 13.0. The molecule has 2 amide bonds. The summed E-state index contributed by atoms with van der Waals surface area (Å²) < 4.78 is 0. The maximum Gasteiger partial charge on any atom is 0.224 e. The molecule has 4 N–H and O–H groups in total. The van der Waals surface area contributed by atoms with Crippen molar-refractivity contribution < 1.29 is 9.59 Å². The van der Waals surface area contributed by atoms with Gasteiger partial charge in [0.2, 0.25) is 11.8 Å². The van der Waals surface area contributed by atoms with E-state index in [0.717, 1.165) is 17.7 Å². The van der Waals surface area contributed by atoms with Gasteiger partial charge in [0.15, 0.2) is 0 Å². The molecule has 1 aromatic carbocycles. The van der Waals surface area contributed by atoms with Crippen LogP contribution >= 0.6 is 0 Å². The summed E-state index contributed by atoms with van der Waals surface area (Å²) in [5.41, 5.74) is 7.93. The Morgan fingerprint density at radius 3 is 2.57 bits per heavy atom. The predicted octanol–water partition coefficient (Wildman–Crippen LogP) is 2.66. The van der Waals surface area contributed by atoms with E-state index in [4.69, 9.17) is 5.73 Å². The van der Waals surface area contributed by atoms with Crippen molar-refractivity contribution in [2.45, 2.75) is 40.0 Å². The Hall–Kier alpha value is -1.88. The number of hydrogen-bond acceptors (Lipinski definition) is 3. The molecule has 0 saturated carbocycles. The molecular formula is C16H25N3O2. The lowest BCUT2D eigenvalue weighted by Gasteiger charge is -2.12. The number of rotatable bonds is 7. The number of amides is 2. The Kier molecular flexibility index (Phi) is 6.88. The number of nitrogens with two attached hydrogens (primary N) is 1. The summed E-state index contributed by atoms with van der Waals surface area (Å²) in [5, 5.41) is 5.68. The van der Waals surface area contributed by atoms with Crippen LogP contribution in [0.15, 0.2) is 18.2 Å². The minimum absolute atomic E-state index is 0.0302. The normalized spacial score (nSPS) is 11.8. The fraction of sp³-hybridized carbons (Fsp3) is 0.500. The number of carbonyl (C=O) groups excluding carboxylic acids is 2. The van der Waals surface area contributed by atoms with E-state index in [-0.39, 0.29) is 11.8 Å². The molecule has 0 aromatic heterocycles. The first-order chi connectivity index (χ1) is 9.96. The minimum atomic E-state index is -0.0482. The van der Waals surface area contributed by atoms with Crippen molar-refractivity contribution in [3.63, 3.8) is 0 Å². The molecule has 116 valence electrons. The number of nitrogens with one attached hydrogen (secondary N) is 2. The van der Waals surface area contributed by atoms with Crippen molar-refractivity contribution in [2.75, 3.05) is 17.2 Å². The molecule has 0 heterocycles. The molecular weight excluding hydrogens is 266 g/mol. The molecule has 0 saturated heterocycles. The van der Waals surface area contributed by atoms with Gasteiger partial charge in [-0.15, -0.1) is 0 Å². The van der Waals surface area contributed by atoms with Gasteiger partial charge >= 0.3 is 0 Å². The van der Waals surface area contributed by atoms with Crippen molar-refractivity contribution in [3.05, 3.63) is 23.8 Å². The van der Waals surface area contributed by atoms with E-state index in [1.54, 1.807) is 13.0 Å². The van der Waals surface area contributed by atoms with Crippen LogP contribution in [0.1, 0.15) is 38.7 Å². The van der Waals surface area contributed by atoms with E-state index in [9.17, 15) is 9.59 Å². The second-order valence-electron chi connectivity index (χ2n) is 5.36. The quantitative estimate of drug-likeness (QED) is 0.722. The van der Waals surface area contributed by atoms with Gasteiger partial charge in [-0.1, -0.05) is 19.9 Å². The van der Waals surface area contributed by atoms with E-state index in [1.807, 2.05) is 26.0 Å². The van der Waals surface area contributed by atoms with E-state index >= 15 is 0 Å². The molecule has 0 fully saturated rings. The van der Waals surface area contributed by atoms with Crippen molar-refractivity contribution in [1.29, 1.82) is 0 Å². The largest absolute Gasteiger partial charge is 0.330 e. The van der Waals surface area contributed by atoms with Crippen LogP contribution in [0.4, 0.5) is 11.4 Å². The Bertz CT molecular complexity index is 500. The lowest BCUT2D eigenvalue weighted by Crippen LogP contribution is -2.17. The lowest BCUT2D eigenvalue weighted by atomic mass is 10.1. The first-order valence-corrected chi connectivity index (χ1v) is 7.36. The first kappa shape index (κ1) is 17.2. The van der Waals surface area contributed by atoms with Crippen LogP contribution in [-0.4, -0.2) is 18.4 Å². The van der Waals surface area contributed by atoms with Gasteiger partial charge in [0.25, 0.3) is 0 Å². The second kappa shape index (κ2) is 8.42. The Morgan fingerprint density at radius 1 is 1.24 bits per heavy atom. The molecule has 21 heavy (non-hydrogen) atoms. The Balaban J connectivity index is 2.67. The molecule has 5 heteroatoms. The van der Waals surface area contributed by atoms with E-state index in [0.29, 0.717) is 31.0 Å². The highest BCUT2D eigenvalue weighted by molar-refractivity contribution is 5.94. The number of aryl methyl sites for hydroxylation is 1. The summed E-state index contributed by atoms with van der Waals surface area (Å²) in [4.78, 5) is 23.3. The van der Waals surface area contributed by atoms with Gasteiger partial charge in [-0.2, -0.15) is 0 Å². The molecule has 0 aliphatic carbocycles. The van der Waals surface area contributed by atoms with E-state index in [2.05, 4.69) is 10.6 Å². The minimum Gasteiger partial charge on any atom is -0.330 e. The standard InChI is InChI=1S/C16H25N3O2/c1-4-15(20)18-13-7-6-12(3)14(9-13)19-16(21)8-5-11(2)10-17/h6-7,9,11H,4-5,8,10,17H2,1-3H3,(H,18,20)(H,19,21). The average molecular weight is 291 g/mol. The van der Waals surface area contributed by atoms with Crippen molar-refractivity contribution in [3.8, 4) is 0 Å². The third-order valence-electron chi connectivity index (χ3n) is 3.38. The average Bonchev–Trinajstić information content (AvgIpc) is 2.47. The maximum absolute atomic E-state index is 11.9. The fourth-order valence-electron chi connectivity index (χ4n) is 1.79. The molecule has 5 nitrogen and oxygen atoms in total. The Morgan fingerprint density at radius 2 is 1.95 bits per heavy atom. The maximum atomic E-state index is 11.9. The number of benzene rings is 1. The summed E-state index contributed by atoms with van der Waals surface area (Å²) >= 11 is 0. The fourth-order valence-corrected chi connectivity index (χ4v) is 1.79. The van der Waals surface area contributed by atoms with Gasteiger partial charge in [-0.05, 0) is 43.5 Å². The van der Waals surface area contributed by atoms with E-state index in [1.165, 1.54) is 0 Å². The molecule has 1 unspecified atom stereocenters. The molecule has 0 spiro atoms. The molecule has 0 aliphatic rings. The zero-order valence-corrected chi connectivity index (χ0v) is 13.0. The van der Waals surface area contributed by atoms with Crippen molar-refractivity contribution in [1.82, 2.24) is 0 Å². The van der Waals surface area contributed by atoms with Crippen LogP contribution in [0.2, 0.25) is 0 Å². The van der Waals surface area contributed by atoms with Crippen LogP contribution < -0.4 is 16.4 Å². The third kappa shape index (κ3) is 5.95. The first-order valence-electron chi connectivity index (χ1n) is 7.36. The van der Waals surface area contributed by atoms with Crippen LogP contribution in [0.5, 0.6) is 0 Å². The van der Waals surface area contributed by atoms with Gasteiger partial charge < -0.3 is 16.4 Å². The smallest absolute Gasteiger partial charge is 0.224 e. The van der Waals surface area contributed by atoms with Crippen molar-refractivity contribution >= 4 is 23.2 Å². The number of anilines is 2. The highest BCUT2D eigenvalue weighted by Gasteiger charge is 2.09. The van der Waals surface area contributed by atoms with Crippen LogP contribution in [-0.2, 0) is 9.59 Å². The highest BCUT2D eigenvalue weighted by Crippen LogP contribution is 2.21. The summed E-state index contributed by atoms with van der Waals surface area (Å²) in [6.45, 7) is 6.33. The summed E-state index contributed by atoms with van der Waals surface area (Å²) in [7, 11) is 0. The van der Waals surface area contributed by atoms with Gasteiger partial charge in [0, 0.05) is 24.2 Å². The summed E-state index contributed by atoms with van der Waals surface area (Å²) in [6, 6.07) is 5.49. The summed E-state index contributed by atoms with van der Waals surface area (Å²) in [5.74, 6) is 0.261. The lowest BCUT2D eigenvalue weighted by molar-refractivity contribution is -0.117. The van der Waals surface area contributed by atoms with Crippen LogP contribution in [0.25, 0.3) is 0 Å². The molecule has 0 radical (unpaired) electrons. The molecule has 0 bridgehead atoms. The van der Waals surface area contributed by atoms with Gasteiger partial charge in [0.05, 0.1) is 0 Å². The SMILES string of the molecule is CCC(=O)Nc1ccc(C)c(NC(=O)CCC(C)CN)c1. The number of carbonyl (C=O) groups is 2. The topological polar surface area (TPSA) is 84.2 Å². The van der Waals surface area contributed by atoms with Gasteiger partial charge in [-0.3, -0.25) is 9.59 Å².